The van der Waals surface area contributed by atoms with Crippen molar-refractivity contribution in [1.29, 1.82) is 0 Å². The van der Waals surface area contributed by atoms with E-state index in [2.05, 4.69) is 13.8 Å². The van der Waals surface area contributed by atoms with Gasteiger partial charge in [0.15, 0.2) is 0 Å². The van der Waals surface area contributed by atoms with E-state index >= 15 is 0 Å². The van der Waals surface area contributed by atoms with Gasteiger partial charge in [0, 0.05) is 17.7 Å². The Labute approximate surface area is 357 Å². The average Bonchev–Trinajstić information content (AvgIpc) is 3.12. The van der Waals surface area contributed by atoms with E-state index in [0.717, 1.165) is 51.0 Å². The predicted molar refractivity (Wildman–Crippen MR) is 214 cm³/mol. The standard InChI is InChI=1S/2C21H28O5S.Ca/c2*1-2-3-4-5-6-7-11-14-19-20(22)15-18(16-21(19)27(23,24)25)26-17-12-9-8-10-13-17;/h2*8-10,12-13,15-16,22H,2-7,11,14H2,1H3,(H,23,24,25);/q;;+2/p-2. The van der Waals surface area contributed by atoms with Crippen molar-refractivity contribution in [3.05, 3.63) is 96.1 Å². The van der Waals surface area contributed by atoms with E-state index in [1.807, 2.05) is 12.1 Å². The minimum Gasteiger partial charge on any atom is -0.872 e. The van der Waals surface area contributed by atoms with E-state index in [9.17, 15) is 36.2 Å². The molecule has 0 aliphatic carbocycles. The molecule has 55 heavy (non-hydrogen) atoms. The van der Waals surface area contributed by atoms with Gasteiger partial charge in [0.05, 0.1) is 4.90 Å². The molecule has 4 rings (SSSR count). The molecule has 0 fully saturated rings. The molecule has 0 aliphatic heterocycles. The van der Waals surface area contributed by atoms with Gasteiger partial charge in [-0.25, -0.2) is 8.42 Å². The van der Waals surface area contributed by atoms with Gasteiger partial charge >= 0.3 is 37.7 Å². The van der Waals surface area contributed by atoms with Crippen molar-refractivity contribution in [2.24, 2.45) is 0 Å². The molecule has 0 saturated heterocycles. The third-order valence-corrected chi connectivity index (χ3v) is 10.7. The van der Waals surface area contributed by atoms with Crippen molar-refractivity contribution in [1.82, 2.24) is 0 Å². The summed E-state index contributed by atoms with van der Waals surface area (Å²) in [6.07, 6.45) is 15.6. The topological polar surface area (TPSA) is 173 Å². The second kappa shape index (κ2) is 25.4. The summed E-state index contributed by atoms with van der Waals surface area (Å²) in [6.45, 7) is 4.33. The molecule has 0 bridgehead atoms. The Kier molecular flexibility index (Phi) is 22.3. The van der Waals surface area contributed by atoms with E-state index in [4.69, 9.17) is 9.47 Å². The molecule has 4 aromatic rings. The summed E-state index contributed by atoms with van der Waals surface area (Å²) in [5, 5.41) is 22.8. The van der Waals surface area contributed by atoms with Gasteiger partial charge in [-0.15, -0.1) is 5.75 Å². The first-order valence-electron chi connectivity index (χ1n) is 18.9. The molecule has 0 spiro atoms. The van der Waals surface area contributed by atoms with E-state index < -0.39 is 30.9 Å². The van der Waals surface area contributed by atoms with E-state index in [0.29, 0.717) is 24.3 Å². The van der Waals surface area contributed by atoms with Crippen molar-refractivity contribution >= 4 is 58.0 Å². The molecule has 0 heterocycles. The number of benzene rings is 4. The largest absolute Gasteiger partial charge is 2.00 e. The Hall–Kier alpha value is -2.84. The zero-order valence-electron chi connectivity index (χ0n) is 32.1. The molecule has 0 saturated carbocycles. The number of rotatable bonds is 22. The Morgan fingerprint density at radius 2 is 0.945 bits per heavy atom. The van der Waals surface area contributed by atoms with Gasteiger partial charge in [-0.05, 0) is 67.6 Å². The molecule has 0 unspecified atom stereocenters. The number of unbranched alkanes of at least 4 members (excludes halogenated alkanes) is 12. The minimum absolute atomic E-state index is 0. The van der Waals surface area contributed by atoms with Crippen LogP contribution in [0.25, 0.3) is 0 Å². The fourth-order valence-electron chi connectivity index (χ4n) is 6.04. The smallest absolute Gasteiger partial charge is 0.872 e. The fourth-order valence-corrected chi connectivity index (χ4v) is 7.59. The average molecular weight is 823 g/mol. The number of para-hydroxylation sites is 2. The number of ether oxygens (including phenoxy) is 2. The Balaban J connectivity index is 0.000000373. The van der Waals surface area contributed by atoms with Crippen LogP contribution in [0.15, 0.2) is 94.7 Å². The maximum Gasteiger partial charge on any atom is 2.00 e. The van der Waals surface area contributed by atoms with Crippen LogP contribution in [0.2, 0.25) is 0 Å². The molecule has 13 heteroatoms. The molecule has 296 valence electrons. The molecule has 0 amide bonds. The molecule has 0 radical (unpaired) electrons. The van der Waals surface area contributed by atoms with Crippen LogP contribution in [0.5, 0.6) is 34.5 Å². The second-order valence-electron chi connectivity index (χ2n) is 13.3. The van der Waals surface area contributed by atoms with Crippen LogP contribution in [0.1, 0.15) is 115 Å². The summed E-state index contributed by atoms with van der Waals surface area (Å²) >= 11 is 0. The first-order valence-corrected chi connectivity index (χ1v) is 21.8. The summed E-state index contributed by atoms with van der Waals surface area (Å²) in [4.78, 5) is -0.758. The van der Waals surface area contributed by atoms with Crippen molar-refractivity contribution in [3.8, 4) is 34.5 Å². The summed E-state index contributed by atoms with van der Waals surface area (Å²) in [6, 6.07) is 22.6. The van der Waals surface area contributed by atoms with Crippen LogP contribution in [0.3, 0.4) is 0 Å². The third-order valence-electron chi connectivity index (χ3n) is 8.87. The molecular formula is C42H54CaO10S2. The van der Waals surface area contributed by atoms with Crippen molar-refractivity contribution in [3.63, 3.8) is 0 Å². The van der Waals surface area contributed by atoms with Crippen LogP contribution >= 0.6 is 0 Å². The Morgan fingerprint density at radius 1 is 0.545 bits per heavy atom. The number of hydrogen-bond acceptors (Lipinski definition) is 9. The van der Waals surface area contributed by atoms with Gasteiger partial charge in [-0.2, -0.15) is 8.42 Å². The zero-order chi connectivity index (χ0) is 39.4. The summed E-state index contributed by atoms with van der Waals surface area (Å²) in [5.74, 6) is 0.549. The summed E-state index contributed by atoms with van der Waals surface area (Å²) in [5.41, 5.74) is 0.311. The van der Waals surface area contributed by atoms with Crippen LogP contribution in [-0.2, 0) is 33.1 Å². The SMILES string of the molecule is CCCCCCCCCc1c(O)cc(Oc2ccccc2)cc1S(=O)(=O)O.CCCCCCCCCc1c([O-])cc(Oc2ccccc2)cc1S(=O)(=O)[O-].[Ca+2]. The first kappa shape index (κ1) is 48.3. The van der Waals surface area contributed by atoms with Crippen LogP contribution in [-0.4, -0.2) is 68.8 Å². The second-order valence-corrected chi connectivity index (χ2v) is 16.1. The fraction of sp³-hybridized carbons (Fsp3) is 0.429. The summed E-state index contributed by atoms with van der Waals surface area (Å²) < 4.78 is 79.3. The van der Waals surface area contributed by atoms with E-state index in [1.54, 1.807) is 48.5 Å². The van der Waals surface area contributed by atoms with Gasteiger partial charge < -0.3 is 24.2 Å². The Bertz CT molecular complexity index is 1780. The van der Waals surface area contributed by atoms with Crippen LogP contribution in [0.4, 0.5) is 0 Å². The van der Waals surface area contributed by atoms with Crippen molar-refractivity contribution < 1.29 is 45.6 Å². The number of phenolic OH excluding ortho intramolecular Hbond substituents is 1. The molecule has 4 aromatic carbocycles. The molecule has 0 atom stereocenters. The van der Waals surface area contributed by atoms with Crippen LogP contribution in [0, 0.1) is 0 Å². The van der Waals surface area contributed by atoms with Crippen molar-refractivity contribution in [2.45, 2.75) is 126 Å². The number of phenols is 1. The monoisotopic (exact) mass is 822 g/mol. The van der Waals surface area contributed by atoms with E-state index in [-0.39, 0.29) is 77.4 Å². The van der Waals surface area contributed by atoms with Gasteiger partial charge in [0.25, 0.3) is 10.1 Å². The third kappa shape index (κ3) is 17.9. The van der Waals surface area contributed by atoms with Gasteiger partial charge in [0.2, 0.25) is 0 Å². The molecule has 0 aliphatic rings. The van der Waals surface area contributed by atoms with Gasteiger partial charge in [-0.1, -0.05) is 127 Å². The Morgan fingerprint density at radius 3 is 1.38 bits per heavy atom. The maximum atomic E-state index is 12.4. The minimum atomic E-state index is -4.76. The van der Waals surface area contributed by atoms with Crippen molar-refractivity contribution in [2.75, 3.05) is 0 Å². The quantitative estimate of drug-likeness (QED) is 0.0441. The molecule has 10 nitrogen and oxygen atoms in total. The molecule has 0 aromatic heterocycles. The predicted octanol–water partition coefficient (Wildman–Crippen LogP) is 10.1. The normalized spacial score (nSPS) is 11.3. The van der Waals surface area contributed by atoms with Gasteiger partial charge in [0.1, 0.15) is 43.8 Å². The van der Waals surface area contributed by atoms with Gasteiger partial charge in [-0.3, -0.25) is 4.55 Å². The zero-order valence-corrected chi connectivity index (χ0v) is 35.9. The summed E-state index contributed by atoms with van der Waals surface area (Å²) in [7, 11) is -9.22. The van der Waals surface area contributed by atoms with Crippen LogP contribution < -0.4 is 14.6 Å². The molecule has 2 N–H and O–H groups in total. The number of hydrogen-bond donors (Lipinski definition) is 2. The van der Waals surface area contributed by atoms with E-state index in [1.165, 1.54) is 56.7 Å². The molecular weight excluding hydrogens is 769 g/mol. The first-order chi connectivity index (χ1) is 25.8. The maximum absolute atomic E-state index is 12.4. The number of aromatic hydroxyl groups is 1.